The molecule has 1 aromatic rings. The van der Waals surface area contributed by atoms with Crippen molar-refractivity contribution in [3.63, 3.8) is 0 Å². The molecule has 94 valence electrons. The zero-order chi connectivity index (χ0) is 12.9. The van der Waals surface area contributed by atoms with Crippen molar-refractivity contribution in [1.29, 1.82) is 0 Å². The van der Waals surface area contributed by atoms with Gasteiger partial charge in [0.25, 0.3) is 0 Å². The van der Waals surface area contributed by atoms with Crippen molar-refractivity contribution in [1.82, 2.24) is 0 Å². The zero-order valence-electron chi connectivity index (χ0n) is 10.7. The molecule has 0 saturated carbocycles. The molecular formula is C13H20FNOSi. The monoisotopic (exact) mass is 253 g/mol. The highest BCUT2D eigenvalue weighted by atomic mass is 28.4. The van der Waals surface area contributed by atoms with E-state index < -0.39 is 8.32 Å². The highest BCUT2D eigenvalue weighted by Crippen LogP contribution is 2.13. The molecule has 0 bridgehead atoms. The van der Waals surface area contributed by atoms with E-state index in [9.17, 15) is 4.39 Å². The second-order valence-corrected chi connectivity index (χ2v) is 9.37. The van der Waals surface area contributed by atoms with Crippen molar-refractivity contribution in [2.75, 3.05) is 11.9 Å². The van der Waals surface area contributed by atoms with Gasteiger partial charge in [-0.05, 0) is 43.9 Å². The van der Waals surface area contributed by atoms with Crippen molar-refractivity contribution < 1.29 is 8.82 Å². The van der Waals surface area contributed by atoms with E-state index in [1.807, 2.05) is 0 Å². The van der Waals surface area contributed by atoms with Crippen LogP contribution in [0.5, 0.6) is 0 Å². The summed E-state index contributed by atoms with van der Waals surface area (Å²) in [7, 11) is -1.53. The Hall–Kier alpha value is -1.29. The van der Waals surface area contributed by atoms with Crippen LogP contribution in [-0.4, -0.2) is 14.9 Å². The van der Waals surface area contributed by atoms with Gasteiger partial charge in [-0.2, -0.15) is 0 Å². The SMILES string of the molecule is C=C(CCNc1ccc(F)cc1)O[Si](C)(C)C. The molecule has 0 heterocycles. The molecule has 4 heteroatoms. The van der Waals surface area contributed by atoms with Crippen molar-refractivity contribution in [3.8, 4) is 0 Å². The molecule has 1 rings (SSSR count). The number of nitrogens with one attached hydrogen (secondary N) is 1. The molecule has 0 aliphatic heterocycles. The third kappa shape index (κ3) is 6.11. The number of halogens is 1. The highest BCUT2D eigenvalue weighted by molar-refractivity contribution is 6.70. The summed E-state index contributed by atoms with van der Waals surface area (Å²) in [6, 6.07) is 6.32. The minimum atomic E-state index is -1.53. The average Bonchev–Trinajstić information content (AvgIpc) is 2.18. The first-order chi connectivity index (χ1) is 7.87. The van der Waals surface area contributed by atoms with Gasteiger partial charge in [0.2, 0.25) is 8.32 Å². The van der Waals surface area contributed by atoms with E-state index in [4.69, 9.17) is 4.43 Å². The fourth-order valence-corrected chi connectivity index (χ4v) is 2.37. The third-order valence-corrected chi connectivity index (χ3v) is 2.93. The van der Waals surface area contributed by atoms with E-state index in [1.165, 1.54) is 12.1 Å². The van der Waals surface area contributed by atoms with Crippen LogP contribution in [-0.2, 0) is 4.43 Å². The quantitative estimate of drug-likeness (QED) is 0.611. The fourth-order valence-electron chi connectivity index (χ4n) is 1.40. The Labute approximate surface area is 104 Å². The first kappa shape index (κ1) is 13.8. The van der Waals surface area contributed by atoms with Crippen LogP contribution < -0.4 is 5.32 Å². The van der Waals surface area contributed by atoms with E-state index in [0.717, 1.165) is 24.4 Å². The second-order valence-electron chi connectivity index (χ2n) is 4.94. The largest absolute Gasteiger partial charge is 0.548 e. The van der Waals surface area contributed by atoms with Crippen LogP contribution in [0.4, 0.5) is 10.1 Å². The lowest BCUT2D eigenvalue weighted by molar-refractivity contribution is 0.406. The maximum atomic E-state index is 12.7. The van der Waals surface area contributed by atoms with Crippen LogP contribution in [0.15, 0.2) is 36.6 Å². The van der Waals surface area contributed by atoms with Crippen LogP contribution >= 0.6 is 0 Å². The van der Waals surface area contributed by atoms with Crippen LogP contribution in [0.2, 0.25) is 19.6 Å². The Bertz CT molecular complexity index is 370. The molecule has 1 N–H and O–H groups in total. The van der Waals surface area contributed by atoms with Crippen LogP contribution in [0.1, 0.15) is 6.42 Å². The third-order valence-electron chi connectivity index (χ3n) is 2.03. The lowest BCUT2D eigenvalue weighted by Gasteiger charge is -2.21. The van der Waals surface area contributed by atoms with Gasteiger partial charge in [-0.1, -0.05) is 6.58 Å². The number of rotatable bonds is 6. The molecule has 2 nitrogen and oxygen atoms in total. The Morgan fingerprint density at radius 3 is 2.41 bits per heavy atom. The smallest absolute Gasteiger partial charge is 0.241 e. The lowest BCUT2D eigenvalue weighted by atomic mass is 10.3. The average molecular weight is 253 g/mol. The Kier molecular flexibility index (Phi) is 4.75. The summed E-state index contributed by atoms with van der Waals surface area (Å²) in [5.74, 6) is 0.598. The maximum absolute atomic E-state index is 12.7. The van der Waals surface area contributed by atoms with Crippen LogP contribution in [0.25, 0.3) is 0 Å². The van der Waals surface area contributed by atoms with Gasteiger partial charge >= 0.3 is 0 Å². The van der Waals surface area contributed by atoms with Gasteiger partial charge in [-0.3, -0.25) is 0 Å². The molecule has 0 unspecified atom stereocenters. The standard InChI is InChI=1S/C13H20FNOSi/c1-11(16-17(2,3)4)9-10-15-13-7-5-12(14)6-8-13/h5-8,15H,1,9-10H2,2-4H3. The van der Waals surface area contributed by atoms with Crippen molar-refractivity contribution in [2.24, 2.45) is 0 Å². The van der Waals surface area contributed by atoms with Gasteiger partial charge in [-0.25, -0.2) is 4.39 Å². The molecule has 17 heavy (non-hydrogen) atoms. The summed E-state index contributed by atoms with van der Waals surface area (Å²) in [5, 5.41) is 3.20. The minimum absolute atomic E-state index is 0.220. The highest BCUT2D eigenvalue weighted by Gasteiger charge is 2.16. The van der Waals surface area contributed by atoms with Gasteiger partial charge < -0.3 is 9.74 Å². The predicted molar refractivity (Wildman–Crippen MR) is 73.1 cm³/mol. The topological polar surface area (TPSA) is 21.3 Å². The molecule has 0 spiro atoms. The van der Waals surface area contributed by atoms with Gasteiger partial charge in [-0.15, -0.1) is 0 Å². The summed E-state index contributed by atoms with van der Waals surface area (Å²) in [6.45, 7) is 11.0. The van der Waals surface area contributed by atoms with Crippen LogP contribution in [0, 0.1) is 5.82 Å². The molecule has 1 aromatic carbocycles. The molecule has 0 saturated heterocycles. The molecule has 0 radical (unpaired) electrons. The number of benzene rings is 1. The molecule has 0 fully saturated rings. The van der Waals surface area contributed by atoms with Gasteiger partial charge in [0, 0.05) is 18.7 Å². The van der Waals surface area contributed by atoms with Crippen molar-refractivity contribution >= 4 is 14.0 Å². The summed E-state index contributed by atoms with van der Waals surface area (Å²) >= 11 is 0. The summed E-state index contributed by atoms with van der Waals surface area (Å²) in [6.07, 6.45) is 0.766. The van der Waals surface area contributed by atoms with E-state index in [1.54, 1.807) is 12.1 Å². The normalized spacial score (nSPS) is 11.1. The minimum Gasteiger partial charge on any atom is -0.548 e. The van der Waals surface area contributed by atoms with Crippen molar-refractivity contribution in [2.45, 2.75) is 26.1 Å². The second kappa shape index (κ2) is 5.86. The summed E-state index contributed by atoms with van der Waals surface area (Å²) in [4.78, 5) is 0. The molecular weight excluding hydrogens is 233 g/mol. The molecule has 0 atom stereocenters. The summed E-state index contributed by atoms with van der Waals surface area (Å²) in [5.41, 5.74) is 0.909. The molecule has 0 aromatic heterocycles. The van der Waals surface area contributed by atoms with Gasteiger partial charge in [0.05, 0.1) is 5.76 Å². The Morgan fingerprint density at radius 1 is 1.29 bits per heavy atom. The Morgan fingerprint density at radius 2 is 1.88 bits per heavy atom. The Balaban J connectivity index is 2.28. The lowest BCUT2D eigenvalue weighted by Crippen LogP contribution is -2.25. The molecule has 0 aliphatic carbocycles. The number of hydrogen-bond acceptors (Lipinski definition) is 2. The van der Waals surface area contributed by atoms with Gasteiger partial charge in [0.15, 0.2) is 0 Å². The first-order valence-electron chi connectivity index (χ1n) is 5.73. The summed E-state index contributed by atoms with van der Waals surface area (Å²) < 4.78 is 18.4. The first-order valence-corrected chi connectivity index (χ1v) is 9.14. The molecule has 0 amide bonds. The molecule has 0 aliphatic rings. The van der Waals surface area contributed by atoms with E-state index in [-0.39, 0.29) is 5.82 Å². The van der Waals surface area contributed by atoms with E-state index >= 15 is 0 Å². The van der Waals surface area contributed by atoms with Gasteiger partial charge in [0.1, 0.15) is 5.82 Å². The van der Waals surface area contributed by atoms with Crippen molar-refractivity contribution in [3.05, 3.63) is 42.4 Å². The number of anilines is 1. The fraction of sp³-hybridized carbons (Fsp3) is 0.385. The van der Waals surface area contributed by atoms with E-state index in [0.29, 0.717) is 0 Å². The maximum Gasteiger partial charge on any atom is 0.241 e. The number of hydrogen-bond donors (Lipinski definition) is 1. The van der Waals surface area contributed by atoms with Crippen LogP contribution in [0.3, 0.4) is 0 Å². The van der Waals surface area contributed by atoms with E-state index in [2.05, 4.69) is 31.5 Å². The predicted octanol–water partition coefficient (Wildman–Crippen LogP) is 3.99. The zero-order valence-corrected chi connectivity index (χ0v) is 11.7.